The van der Waals surface area contributed by atoms with Crippen LogP contribution in [0, 0.1) is 5.95 Å². The van der Waals surface area contributed by atoms with Gasteiger partial charge in [-0.25, -0.2) is 9.78 Å². The number of urea groups is 1. The lowest BCUT2D eigenvalue weighted by Gasteiger charge is -2.33. The van der Waals surface area contributed by atoms with E-state index in [1.165, 1.54) is 18.0 Å². The van der Waals surface area contributed by atoms with Crippen LogP contribution >= 0.6 is 0 Å². The van der Waals surface area contributed by atoms with Gasteiger partial charge in [-0.2, -0.15) is 4.39 Å². The van der Waals surface area contributed by atoms with E-state index < -0.39 is 163 Å². The number of unbranched alkanes of at least 4 members (excludes halogenated alkanes) is 1. The third-order valence-electron chi connectivity index (χ3n) is 19.4. The number of carbonyl (C=O) groups is 15. The monoisotopic (exact) mass is 1620 g/mol. The van der Waals surface area contributed by atoms with E-state index in [-0.39, 0.29) is 149 Å². The number of piperazine rings is 1. The number of aromatic nitrogens is 2. The number of fused-ring (bicyclic) bond motifs is 2. The molecule has 626 valence electrons. The molecule has 3 aliphatic rings. The molecule has 3 aliphatic heterocycles. The number of ether oxygens (including phenoxy) is 3. The van der Waals surface area contributed by atoms with Gasteiger partial charge in [0.05, 0.1) is 58.0 Å². The number of carbonyl (C=O) groups excluding carboxylic acids is 13. The van der Waals surface area contributed by atoms with Gasteiger partial charge in [0.15, 0.2) is 0 Å². The topological polar surface area (TPSA) is 498 Å². The van der Waals surface area contributed by atoms with Crippen molar-refractivity contribution >= 4 is 99.8 Å². The number of likely N-dealkylation sites (N-methyl/N-ethyl adjacent to an activating group) is 1. The lowest BCUT2D eigenvalue weighted by molar-refractivity contribution is -0.146. The van der Waals surface area contributed by atoms with E-state index in [0.717, 1.165) is 22.1 Å². The normalized spacial score (nSPS) is 20.4. The molecule has 5 aromatic rings. The Hall–Kier alpha value is -12.0. The van der Waals surface area contributed by atoms with Gasteiger partial charge in [-0.3, -0.25) is 72.0 Å². The molecule has 0 unspecified atom stereocenters. The number of carboxylic acids is 2. The second-order valence-corrected chi connectivity index (χ2v) is 28.0. The number of aliphatic carboxylic acids is 2. The van der Waals surface area contributed by atoms with Gasteiger partial charge >= 0.3 is 18.0 Å². The molecule has 3 saturated heterocycles. The zero-order valence-electron chi connectivity index (χ0n) is 64.7. The number of benzene rings is 3. The molecule has 37 nitrogen and oxygen atoms in total. The molecular weight excluding hydrogens is 1510 g/mol. The van der Waals surface area contributed by atoms with Gasteiger partial charge in [0.2, 0.25) is 70.9 Å². The number of carboxylic acid groups (broad SMARTS) is 2. The Bertz CT molecular complexity index is 4210. The van der Waals surface area contributed by atoms with Gasteiger partial charge in [0, 0.05) is 115 Å². The van der Waals surface area contributed by atoms with E-state index in [9.17, 15) is 72.1 Å². The van der Waals surface area contributed by atoms with Crippen molar-refractivity contribution in [3.05, 3.63) is 137 Å². The Labute approximate surface area is 668 Å². The molecule has 0 bridgehead atoms. The van der Waals surface area contributed by atoms with Crippen LogP contribution in [0.5, 0.6) is 0 Å². The molecule has 14 amide bonds. The van der Waals surface area contributed by atoms with Gasteiger partial charge in [-0.1, -0.05) is 79.7 Å². The number of para-hydroxylation sites is 1. The summed E-state index contributed by atoms with van der Waals surface area (Å²) >= 11 is 0. The van der Waals surface area contributed by atoms with Gasteiger partial charge in [-0.15, -0.1) is 0 Å². The van der Waals surface area contributed by atoms with Gasteiger partial charge in [0.25, 0.3) is 5.91 Å². The number of aromatic amines is 1. The number of rotatable bonds is 31. The number of nitrogens with one attached hydrogen (secondary N) is 12. The Morgan fingerprint density at radius 2 is 1.22 bits per heavy atom. The Morgan fingerprint density at radius 3 is 1.94 bits per heavy atom. The molecule has 8 rings (SSSR count). The SMILES string of the molecule is CCCOCC[C@@H]1NC(=O)[C@H](Cc2ccc(CNC(=O)COCCOCCNC(=O)c3ccc(F)nc3)cc2)NC(=O)[C@H](Cc2ccccc2)N(C)C(=O)CNC(=O)CNC(=O)[C@H]2CCCN2C(=O)[C@H](CC(=O)O)NC(=O)[C@H](CCCCNC(=O)N2CCN(CC(=O)O)CC2)NC(=O)CNC(=O)[C@H](Cc2c[nH]c3ccccc23)NC1=O. The summed E-state index contributed by atoms with van der Waals surface area (Å²) in [6.45, 7) is 0.809. The van der Waals surface area contributed by atoms with Crippen LogP contribution in [0.2, 0.25) is 0 Å². The molecule has 116 heavy (non-hydrogen) atoms. The van der Waals surface area contributed by atoms with Crippen LogP contribution in [-0.4, -0.2) is 290 Å². The molecule has 5 heterocycles. The van der Waals surface area contributed by atoms with E-state index in [2.05, 4.69) is 68.5 Å². The summed E-state index contributed by atoms with van der Waals surface area (Å²) in [6.07, 6.45) is 1.94. The molecule has 3 fully saturated rings. The zero-order valence-corrected chi connectivity index (χ0v) is 64.7. The molecule has 14 N–H and O–H groups in total. The van der Waals surface area contributed by atoms with Crippen LogP contribution in [0.25, 0.3) is 10.9 Å². The van der Waals surface area contributed by atoms with Crippen molar-refractivity contribution in [2.24, 2.45) is 0 Å². The molecule has 3 aromatic carbocycles. The Kier molecular flexibility index (Phi) is 35.8. The van der Waals surface area contributed by atoms with E-state index in [1.54, 1.807) is 90.0 Å². The maximum Gasteiger partial charge on any atom is 0.317 e. The third kappa shape index (κ3) is 29.1. The first kappa shape index (κ1) is 89.5. The molecule has 7 atom stereocenters. The fourth-order valence-corrected chi connectivity index (χ4v) is 13.1. The molecule has 0 spiro atoms. The summed E-state index contributed by atoms with van der Waals surface area (Å²) in [5.74, 6) is -13.3. The fraction of sp³-hybridized carbons (Fsp3) is 0.487. The first-order chi connectivity index (χ1) is 55.8. The molecule has 38 heteroatoms. The van der Waals surface area contributed by atoms with Crippen molar-refractivity contribution in [3.63, 3.8) is 0 Å². The highest BCUT2D eigenvalue weighted by Gasteiger charge is 2.41. The largest absolute Gasteiger partial charge is 0.481 e. The van der Waals surface area contributed by atoms with Crippen molar-refractivity contribution in [2.45, 2.75) is 126 Å². The van der Waals surface area contributed by atoms with Crippen molar-refractivity contribution < 1.29 is 101 Å². The summed E-state index contributed by atoms with van der Waals surface area (Å²) < 4.78 is 29.9. The Morgan fingerprint density at radius 1 is 0.569 bits per heavy atom. The summed E-state index contributed by atoms with van der Waals surface area (Å²) in [7, 11) is 1.31. The van der Waals surface area contributed by atoms with Gasteiger partial charge in [0.1, 0.15) is 48.9 Å². The molecule has 0 radical (unpaired) electrons. The van der Waals surface area contributed by atoms with Gasteiger partial charge in [-0.05, 0) is 85.4 Å². The highest BCUT2D eigenvalue weighted by atomic mass is 19.1. The minimum atomic E-state index is -1.83. The second kappa shape index (κ2) is 46.4. The van der Waals surface area contributed by atoms with E-state index in [0.29, 0.717) is 52.7 Å². The van der Waals surface area contributed by atoms with Crippen LogP contribution in [0.1, 0.15) is 90.9 Å². The minimum absolute atomic E-state index is 0.0356. The quantitative estimate of drug-likeness (QED) is 0.0173. The van der Waals surface area contributed by atoms with Gasteiger partial charge < -0.3 is 103 Å². The average Bonchev–Trinajstić information content (AvgIpc) is 1.61. The average molecular weight is 1620 g/mol. The van der Waals surface area contributed by atoms with Crippen molar-refractivity contribution in [3.8, 4) is 0 Å². The number of hydrogen-bond acceptors (Lipinski definition) is 20. The van der Waals surface area contributed by atoms with Crippen molar-refractivity contribution in [1.29, 1.82) is 0 Å². The number of hydrogen-bond donors (Lipinski definition) is 14. The highest BCUT2D eigenvalue weighted by Crippen LogP contribution is 2.22. The molecular formula is C78H102FN17O20. The lowest BCUT2D eigenvalue weighted by atomic mass is 10.00. The Balaban J connectivity index is 1.04. The summed E-state index contributed by atoms with van der Waals surface area (Å²) in [6, 6.07) is 13.6. The first-order valence-electron chi connectivity index (χ1n) is 38.5. The lowest BCUT2D eigenvalue weighted by Crippen LogP contribution is -2.60. The maximum atomic E-state index is 15.3. The third-order valence-corrected chi connectivity index (χ3v) is 19.4. The first-order valence-corrected chi connectivity index (χ1v) is 38.5. The van der Waals surface area contributed by atoms with E-state index in [4.69, 9.17) is 14.2 Å². The van der Waals surface area contributed by atoms with Crippen molar-refractivity contribution in [1.82, 2.24) is 88.1 Å². The van der Waals surface area contributed by atoms with Crippen molar-refractivity contribution in [2.75, 3.05) is 119 Å². The van der Waals surface area contributed by atoms with Crippen LogP contribution in [0.4, 0.5) is 9.18 Å². The van der Waals surface area contributed by atoms with Crippen LogP contribution in [0.15, 0.2) is 103 Å². The zero-order chi connectivity index (χ0) is 83.5. The molecule has 0 saturated carbocycles. The number of H-pyrrole nitrogens is 1. The number of halogens is 1. The minimum Gasteiger partial charge on any atom is -0.481 e. The van der Waals surface area contributed by atoms with Crippen LogP contribution < -0.4 is 58.5 Å². The maximum absolute atomic E-state index is 15.3. The fourth-order valence-electron chi connectivity index (χ4n) is 13.1. The molecule has 2 aromatic heterocycles. The van der Waals surface area contributed by atoms with Crippen LogP contribution in [0.3, 0.4) is 0 Å². The predicted octanol–water partition coefficient (Wildman–Crippen LogP) is -1.71. The smallest absolute Gasteiger partial charge is 0.317 e. The molecule has 0 aliphatic carbocycles. The van der Waals surface area contributed by atoms with E-state index >= 15 is 14.4 Å². The number of amides is 14. The standard InChI is InChI=1S/C78H102FN17O20/c1-3-32-114-33-24-57-73(108)90-59(39-53-43-82-55-15-8-7-14-54(53)55)71(106)86-45-65(98)88-56(16-9-10-25-81-78(113)95-30-28-94(29-31-95)47-69(103)104)72(107)92-60(40-68(101)102)77(112)96-27-11-17-61(96)75(110)87-44-64(97)85-46-67(100)93(2)62(38-49-12-5-4-6-13-49)76(111)91-58(74(109)89-57)37-50-18-20-51(21-19-50)41-84-66(99)48-116-36-35-115-34-26-80-70(105)52-22-23-63(79)83-42-52/h4-8,12-15,18-23,42-43,56-62,82H,3,9-11,16-17,24-41,44-48H2,1-2H3,(H,80,105)(H,81,113)(H,84,99)(H,85,97)(H,86,106)(H,87,110)(H,88,98)(H,89,109)(H,90,108)(H,91,111)(H,92,107)(H,101,102)(H,103,104)/t56-,57-,58-,59-,60-,61+,62-/m0/s1. The highest BCUT2D eigenvalue weighted by molar-refractivity contribution is 6.00. The second-order valence-electron chi connectivity index (χ2n) is 28.0. The number of pyridine rings is 1. The van der Waals surface area contributed by atoms with E-state index in [1.807, 2.05) is 6.92 Å². The number of nitrogens with zero attached hydrogens (tertiary/aromatic N) is 5. The predicted molar refractivity (Wildman–Crippen MR) is 413 cm³/mol. The van der Waals surface area contributed by atoms with Crippen LogP contribution in [-0.2, 0) is 102 Å². The summed E-state index contributed by atoms with van der Waals surface area (Å²) in [4.78, 5) is 219. The summed E-state index contributed by atoms with van der Waals surface area (Å²) in [5, 5.41) is 49.0. The summed E-state index contributed by atoms with van der Waals surface area (Å²) in [5.41, 5.74) is 3.03.